The van der Waals surface area contributed by atoms with Gasteiger partial charge in [-0.15, -0.1) is 0 Å². The SMILES string of the molecule is N#Cc1cc(-c2ccncc2)ccc1NC(=O)C1COc2ccccc2O1.O=C(O)C(F)(F)F. The number of hydrogen-bond donors (Lipinski definition) is 2. The number of fused-ring (bicyclic) bond motifs is 1. The predicted molar refractivity (Wildman–Crippen MR) is 113 cm³/mol. The molecule has 0 aliphatic carbocycles. The summed E-state index contributed by atoms with van der Waals surface area (Å²) in [5.41, 5.74) is 2.62. The number of rotatable bonds is 3. The Balaban J connectivity index is 0.000000406. The van der Waals surface area contributed by atoms with Gasteiger partial charge in [0.05, 0.1) is 11.3 Å². The van der Waals surface area contributed by atoms with Crippen LogP contribution in [0.5, 0.6) is 11.5 Å². The van der Waals surface area contributed by atoms with Crippen LogP contribution < -0.4 is 14.8 Å². The highest BCUT2D eigenvalue weighted by molar-refractivity contribution is 5.96. The number of pyridine rings is 1. The van der Waals surface area contributed by atoms with Crippen LogP contribution in [0.2, 0.25) is 0 Å². The maximum Gasteiger partial charge on any atom is 0.490 e. The molecule has 1 aliphatic rings. The fourth-order valence-electron chi connectivity index (χ4n) is 2.83. The second-order valence-corrected chi connectivity index (χ2v) is 6.76. The number of nitriles is 1. The Morgan fingerprint density at radius 1 is 1.06 bits per heavy atom. The molecular weight excluding hydrogens is 455 g/mol. The van der Waals surface area contributed by atoms with Gasteiger partial charge in [0.2, 0.25) is 6.10 Å². The minimum atomic E-state index is -5.08. The minimum Gasteiger partial charge on any atom is -0.485 e. The summed E-state index contributed by atoms with van der Waals surface area (Å²) in [4.78, 5) is 25.5. The Kier molecular flexibility index (Phi) is 7.33. The summed E-state index contributed by atoms with van der Waals surface area (Å²) < 4.78 is 43.0. The first-order chi connectivity index (χ1) is 16.2. The van der Waals surface area contributed by atoms with Crippen molar-refractivity contribution in [3.05, 3.63) is 72.6 Å². The third-order valence-electron chi connectivity index (χ3n) is 4.46. The van der Waals surface area contributed by atoms with Crippen molar-refractivity contribution in [3.8, 4) is 28.7 Å². The average molecular weight is 471 g/mol. The van der Waals surface area contributed by atoms with Gasteiger partial charge in [0.25, 0.3) is 5.91 Å². The van der Waals surface area contributed by atoms with Crippen LogP contribution in [0.3, 0.4) is 0 Å². The maximum absolute atomic E-state index is 12.6. The lowest BCUT2D eigenvalue weighted by Gasteiger charge is -2.25. The highest BCUT2D eigenvalue weighted by atomic mass is 19.4. The van der Waals surface area contributed by atoms with Crippen LogP contribution in [0, 0.1) is 11.3 Å². The van der Waals surface area contributed by atoms with E-state index in [0.29, 0.717) is 22.7 Å². The number of carboxylic acid groups (broad SMARTS) is 1. The van der Waals surface area contributed by atoms with Crippen LogP contribution in [-0.2, 0) is 9.59 Å². The normalized spacial score (nSPS) is 14.1. The number of carboxylic acids is 1. The molecule has 0 radical (unpaired) electrons. The van der Waals surface area contributed by atoms with Gasteiger partial charge in [0.1, 0.15) is 12.7 Å². The standard InChI is InChI=1S/C21H15N3O3.C2HF3O2/c22-12-16-11-15(14-7-9-23-10-8-14)5-6-17(16)24-21(25)20-13-26-18-3-1-2-4-19(18)27-20;3-2(4,5)1(6)7/h1-11,20H,13H2,(H,24,25);(H,6,7). The number of ether oxygens (including phenoxy) is 2. The fourth-order valence-corrected chi connectivity index (χ4v) is 2.83. The number of nitrogens with one attached hydrogen (secondary N) is 1. The van der Waals surface area contributed by atoms with Crippen molar-refractivity contribution in [2.75, 3.05) is 11.9 Å². The summed E-state index contributed by atoms with van der Waals surface area (Å²) in [7, 11) is 0. The zero-order valence-electron chi connectivity index (χ0n) is 17.2. The molecule has 2 aromatic carbocycles. The fraction of sp³-hybridized carbons (Fsp3) is 0.130. The Bertz CT molecular complexity index is 1230. The molecule has 0 saturated carbocycles. The number of aliphatic carboxylic acids is 1. The lowest BCUT2D eigenvalue weighted by atomic mass is 10.0. The summed E-state index contributed by atoms with van der Waals surface area (Å²) >= 11 is 0. The molecule has 0 spiro atoms. The van der Waals surface area contributed by atoms with Crippen molar-refractivity contribution in [3.63, 3.8) is 0 Å². The summed E-state index contributed by atoms with van der Waals surface area (Å²) in [6, 6.07) is 18.3. The van der Waals surface area contributed by atoms with Gasteiger partial charge in [0.15, 0.2) is 11.5 Å². The molecular formula is C23H16F3N3O5. The number of nitrogens with zero attached hydrogens (tertiary/aromatic N) is 2. The van der Waals surface area contributed by atoms with Crippen LogP contribution in [0.4, 0.5) is 18.9 Å². The number of anilines is 1. The van der Waals surface area contributed by atoms with E-state index in [-0.39, 0.29) is 12.5 Å². The van der Waals surface area contributed by atoms with E-state index >= 15 is 0 Å². The zero-order chi connectivity index (χ0) is 24.7. The minimum absolute atomic E-state index is 0.111. The number of halogens is 3. The Morgan fingerprint density at radius 3 is 2.32 bits per heavy atom. The zero-order valence-corrected chi connectivity index (χ0v) is 17.2. The number of carbonyl (C=O) groups excluding carboxylic acids is 1. The molecule has 0 saturated heterocycles. The predicted octanol–water partition coefficient (Wildman–Crippen LogP) is 4.03. The number of para-hydroxylation sites is 2. The molecule has 0 bridgehead atoms. The van der Waals surface area contributed by atoms with Crippen molar-refractivity contribution in [2.24, 2.45) is 0 Å². The quantitative estimate of drug-likeness (QED) is 0.591. The van der Waals surface area contributed by atoms with Gasteiger partial charge < -0.3 is 19.9 Å². The van der Waals surface area contributed by atoms with E-state index in [9.17, 15) is 23.2 Å². The summed E-state index contributed by atoms with van der Waals surface area (Å²) in [6.07, 6.45) is -2.49. The number of hydrogen-bond acceptors (Lipinski definition) is 6. The van der Waals surface area contributed by atoms with Crippen molar-refractivity contribution in [2.45, 2.75) is 12.3 Å². The van der Waals surface area contributed by atoms with Crippen LogP contribution in [0.1, 0.15) is 5.56 Å². The smallest absolute Gasteiger partial charge is 0.485 e. The monoisotopic (exact) mass is 471 g/mol. The second-order valence-electron chi connectivity index (χ2n) is 6.76. The Labute approximate surface area is 191 Å². The highest BCUT2D eigenvalue weighted by Gasteiger charge is 2.38. The van der Waals surface area contributed by atoms with E-state index in [1.165, 1.54) is 0 Å². The molecule has 1 aromatic heterocycles. The summed E-state index contributed by atoms with van der Waals surface area (Å²) in [5.74, 6) is -1.98. The lowest BCUT2D eigenvalue weighted by Crippen LogP contribution is -2.40. The third kappa shape index (κ3) is 6.01. The van der Waals surface area contributed by atoms with Gasteiger partial charge in [-0.3, -0.25) is 9.78 Å². The highest BCUT2D eigenvalue weighted by Crippen LogP contribution is 2.31. The molecule has 1 amide bonds. The molecule has 1 unspecified atom stereocenters. The Morgan fingerprint density at radius 2 is 1.71 bits per heavy atom. The van der Waals surface area contributed by atoms with E-state index in [1.54, 1.807) is 36.7 Å². The van der Waals surface area contributed by atoms with Gasteiger partial charge in [0, 0.05) is 12.4 Å². The van der Waals surface area contributed by atoms with Crippen LogP contribution in [0.25, 0.3) is 11.1 Å². The van der Waals surface area contributed by atoms with Crippen molar-refractivity contribution < 1.29 is 37.3 Å². The summed E-state index contributed by atoms with van der Waals surface area (Å²) in [6.45, 7) is 0.111. The van der Waals surface area contributed by atoms with Crippen LogP contribution >= 0.6 is 0 Å². The van der Waals surface area contributed by atoms with Gasteiger partial charge >= 0.3 is 12.1 Å². The third-order valence-corrected chi connectivity index (χ3v) is 4.46. The molecule has 3 aromatic rings. The molecule has 8 nitrogen and oxygen atoms in total. The van der Waals surface area contributed by atoms with Gasteiger partial charge in [-0.25, -0.2) is 4.79 Å². The van der Waals surface area contributed by atoms with Crippen molar-refractivity contribution in [1.29, 1.82) is 5.26 Å². The van der Waals surface area contributed by atoms with E-state index in [4.69, 9.17) is 19.4 Å². The number of amides is 1. The topological polar surface area (TPSA) is 122 Å². The van der Waals surface area contributed by atoms with Crippen LogP contribution in [0.15, 0.2) is 67.0 Å². The first kappa shape index (κ1) is 24.1. The molecule has 11 heteroatoms. The number of benzene rings is 2. The first-order valence-corrected chi connectivity index (χ1v) is 9.63. The van der Waals surface area contributed by atoms with Crippen LogP contribution in [-0.4, -0.2) is 40.9 Å². The molecule has 2 heterocycles. The lowest BCUT2D eigenvalue weighted by molar-refractivity contribution is -0.192. The van der Waals surface area contributed by atoms with Gasteiger partial charge in [-0.2, -0.15) is 18.4 Å². The number of carbonyl (C=O) groups is 2. The van der Waals surface area contributed by atoms with Crippen molar-refractivity contribution in [1.82, 2.24) is 4.98 Å². The number of aromatic nitrogens is 1. The van der Waals surface area contributed by atoms with E-state index in [1.807, 2.05) is 30.3 Å². The molecule has 174 valence electrons. The summed E-state index contributed by atoms with van der Waals surface area (Å²) in [5, 5.41) is 19.4. The van der Waals surface area contributed by atoms with Gasteiger partial charge in [-0.1, -0.05) is 18.2 Å². The molecule has 34 heavy (non-hydrogen) atoms. The van der Waals surface area contributed by atoms with Crippen molar-refractivity contribution >= 4 is 17.6 Å². The van der Waals surface area contributed by atoms with E-state index in [2.05, 4.69) is 16.4 Å². The first-order valence-electron chi connectivity index (χ1n) is 9.63. The van der Waals surface area contributed by atoms with E-state index in [0.717, 1.165) is 11.1 Å². The van der Waals surface area contributed by atoms with E-state index < -0.39 is 18.2 Å². The molecule has 1 aliphatic heterocycles. The Hall–Kier alpha value is -4.59. The largest absolute Gasteiger partial charge is 0.490 e. The molecule has 2 N–H and O–H groups in total. The number of alkyl halides is 3. The van der Waals surface area contributed by atoms with Gasteiger partial charge in [-0.05, 0) is 47.5 Å². The average Bonchev–Trinajstić information content (AvgIpc) is 2.84. The second kappa shape index (κ2) is 10.4. The molecule has 4 rings (SSSR count). The maximum atomic E-state index is 12.6. The molecule has 0 fully saturated rings. The molecule has 1 atom stereocenters.